The van der Waals surface area contributed by atoms with Crippen LogP contribution in [-0.2, 0) is 0 Å². The maximum Gasteiger partial charge on any atom is 0.203 e. The van der Waals surface area contributed by atoms with Crippen LogP contribution in [0.25, 0.3) is 0 Å². The van der Waals surface area contributed by atoms with E-state index in [4.69, 9.17) is 0 Å². The quantitative estimate of drug-likeness (QED) is 0.846. The van der Waals surface area contributed by atoms with Crippen molar-refractivity contribution in [2.45, 2.75) is 71.4 Å². The molecule has 1 aromatic heterocycles. The highest BCUT2D eigenvalue weighted by molar-refractivity contribution is 5.28. The summed E-state index contributed by atoms with van der Waals surface area (Å²) in [5, 5.41) is 3.63. The van der Waals surface area contributed by atoms with Gasteiger partial charge in [-0.15, -0.1) is 0 Å². The predicted octanol–water partition coefficient (Wildman–Crippen LogP) is 4.23. The Kier molecular flexibility index (Phi) is 4.67. The van der Waals surface area contributed by atoms with Crippen molar-refractivity contribution in [3.63, 3.8) is 0 Å². The standard InChI is InChI=1S/C15H27N3/c1-4-5-13-6-8-14(9-7-13)17-15-16-10-11-18(15)12(2)3/h10-14H,4-9H2,1-3H3,(H,16,17). The Morgan fingerprint density at radius 1 is 1.33 bits per heavy atom. The van der Waals surface area contributed by atoms with Crippen molar-refractivity contribution in [1.82, 2.24) is 9.55 Å². The highest BCUT2D eigenvalue weighted by Gasteiger charge is 2.21. The molecule has 3 nitrogen and oxygen atoms in total. The lowest BCUT2D eigenvalue weighted by Gasteiger charge is -2.29. The summed E-state index contributed by atoms with van der Waals surface area (Å²) < 4.78 is 2.22. The van der Waals surface area contributed by atoms with Gasteiger partial charge < -0.3 is 9.88 Å². The minimum absolute atomic E-state index is 0.478. The molecular weight excluding hydrogens is 222 g/mol. The molecule has 1 aliphatic rings. The van der Waals surface area contributed by atoms with E-state index >= 15 is 0 Å². The summed E-state index contributed by atoms with van der Waals surface area (Å²) in [5.74, 6) is 2.02. The highest BCUT2D eigenvalue weighted by Crippen LogP contribution is 2.29. The van der Waals surface area contributed by atoms with Crippen LogP contribution in [0.15, 0.2) is 12.4 Å². The smallest absolute Gasteiger partial charge is 0.203 e. The fourth-order valence-electron chi connectivity index (χ4n) is 3.03. The van der Waals surface area contributed by atoms with E-state index in [0.29, 0.717) is 12.1 Å². The minimum Gasteiger partial charge on any atom is -0.353 e. The molecule has 0 amide bonds. The number of rotatable bonds is 5. The summed E-state index contributed by atoms with van der Waals surface area (Å²) in [7, 11) is 0. The molecule has 0 spiro atoms. The Balaban J connectivity index is 1.86. The van der Waals surface area contributed by atoms with Gasteiger partial charge in [0.1, 0.15) is 0 Å². The molecule has 1 saturated carbocycles. The largest absolute Gasteiger partial charge is 0.353 e. The molecule has 1 N–H and O–H groups in total. The van der Waals surface area contributed by atoms with E-state index in [1.807, 2.05) is 6.20 Å². The summed E-state index contributed by atoms with van der Waals surface area (Å²) in [6.07, 6.45) is 12.1. The molecule has 0 bridgehead atoms. The first-order valence-electron chi connectivity index (χ1n) is 7.50. The van der Waals surface area contributed by atoms with Crippen molar-refractivity contribution in [3.8, 4) is 0 Å². The molecular formula is C15H27N3. The molecule has 1 aliphatic carbocycles. The summed E-state index contributed by atoms with van der Waals surface area (Å²) in [4.78, 5) is 4.44. The van der Waals surface area contributed by atoms with Gasteiger partial charge in [-0.05, 0) is 45.4 Å². The van der Waals surface area contributed by atoms with Crippen LogP contribution in [0.5, 0.6) is 0 Å². The lowest BCUT2D eigenvalue weighted by molar-refractivity contribution is 0.317. The number of nitrogens with one attached hydrogen (secondary N) is 1. The summed E-state index contributed by atoms with van der Waals surface area (Å²) in [5.41, 5.74) is 0. The second-order valence-electron chi connectivity index (χ2n) is 5.90. The number of anilines is 1. The van der Waals surface area contributed by atoms with Crippen LogP contribution in [-0.4, -0.2) is 15.6 Å². The molecule has 0 saturated heterocycles. The molecule has 2 rings (SSSR count). The Morgan fingerprint density at radius 3 is 2.67 bits per heavy atom. The molecule has 1 fully saturated rings. The Labute approximate surface area is 111 Å². The van der Waals surface area contributed by atoms with Crippen molar-refractivity contribution >= 4 is 5.95 Å². The number of hydrogen-bond donors (Lipinski definition) is 1. The molecule has 0 radical (unpaired) electrons. The van der Waals surface area contributed by atoms with Crippen molar-refractivity contribution in [1.29, 1.82) is 0 Å². The molecule has 3 heteroatoms. The molecule has 102 valence electrons. The third-order valence-electron chi connectivity index (χ3n) is 4.10. The lowest BCUT2D eigenvalue weighted by Crippen LogP contribution is -2.27. The van der Waals surface area contributed by atoms with Gasteiger partial charge in [0, 0.05) is 24.5 Å². The summed E-state index contributed by atoms with van der Waals surface area (Å²) >= 11 is 0. The zero-order valence-electron chi connectivity index (χ0n) is 12.0. The van der Waals surface area contributed by atoms with Crippen LogP contribution in [0.1, 0.15) is 65.3 Å². The van der Waals surface area contributed by atoms with Gasteiger partial charge in [-0.25, -0.2) is 4.98 Å². The molecule has 1 heterocycles. The predicted molar refractivity (Wildman–Crippen MR) is 76.9 cm³/mol. The van der Waals surface area contributed by atoms with Crippen LogP contribution >= 0.6 is 0 Å². The molecule has 0 aliphatic heterocycles. The first kappa shape index (κ1) is 13.4. The van der Waals surface area contributed by atoms with Gasteiger partial charge in [-0.1, -0.05) is 19.8 Å². The lowest BCUT2D eigenvalue weighted by atomic mass is 9.83. The van der Waals surface area contributed by atoms with E-state index in [0.717, 1.165) is 11.9 Å². The van der Waals surface area contributed by atoms with Gasteiger partial charge in [0.25, 0.3) is 0 Å². The summed E-state index contributed by atoms with van der Waals surface area (Å²) in [6, 6.07) is 1.10. The van der Waals surface area contributed by atoms with Gasteiger partial charge in [-0.2, -0.15) is 0 Å². The topological polar surface area (TPSA) is 29.9 Å². The van der Waals surface area contributed by atoms with Gasteiger partial charge in [-0.3, -0.25) is 0 Å². The van der Waals surface area contributed by atoms with E-state index in [9.17, 15) is 0 Å². The van der Waals surface area contributed by atoms with Gasteiger partial charge in [0.15, 0.2) is 0 Å². The Morgan fingerprint density at radius 2 is 2.06 bits per heavy atom. The van der Waals surface area contributed by atoms with Crippen LogP contribution in [0.2, 0.25) is 0 Å². The second kappa shape index (κ2) is 6.26. The molecule has 0 unspecified atom stereocenters. The molecule has 0 aromatic carbocycles. The van der Waals surface area contributed by atoms with E-state index in [2.05, 4.69) is 41.8 Å². The SMILES string of the molecule is CCCC1CCC(Nc2nccn2C(C)C)CC1. The monoisotopic (exact) mass is 249 g/mol. The third kappa shape index (κ3) is 3.27. The highest BCUT2D eigenvalue weighted by atomic mass is 15.2. The summed E-state index contributed by atoms with van der Waals surface area (Å²) in [6.45, 7) is 6.69. The van der Waals surface area contributed by atoms with Crippen molar-refractivity contribution < 1.29 is 0 Å². The van der Waals surface area contributed by atoms with Crippen LogP contribution in [0, 0.1) is 5.92 Å². The average molecular weight is 249 g/mol. The zero-order valence-corrected chi connectivity index (χ0v) is 12.0. The van der Waals surface area contributed by atoms with Crippen molar-refractivity contribution in [2.75, 3.05) is 5.32 Å². The van der Waals surface area contributed by atoms with E-state index < -0.39 is 0 Å². The minimum atomic E-state index is 0.478. The van der Waals surface area contributed by atoms with E-state index in [-0.39, 0.29) is 0 Å². The Hall–Kier alpha value is -0.990. The molecule has 1 aromatic rings. The number of nitrogens with zero attached hydrogens (tertiary/aromatic N) is 2. The average Bonchev–Trinajstić information content (AvgIpc) is 2.80. The zero-order chi connectivity index (χ0) is 13.0. The van der Waals surface area contributed by atoms with Crippen LogP contribution in [0.4, 0.5) is 5.95 Å². The fraction of sp³-hybridized carbons (Fsp3) is 0.800. The molecule has 18 heavy (non-hydrogen) atoms. The number of imidazole rings is 1. The van der Waals surface area contributed by atoms with Gasteiger partial charge in [0.2, 0.25) is 5.95 Å². The fourth-order valence-corrected chi connectivity index (χ4v) is 3.03. The maximum atomic E-state index is 4.44. The van der Waals surface area contributed by atoms with Gasteiger partial charge >= 0.3 is 0 Å². The first-order valence-corrected chi connectivity index (χ1v) is 7.50. The number of aromatic nitrogens is 2. The van der Waals surface area contributed by atoms with E-state index in [1.54, 1.807) is 0 Å². The first-order chi connectivity index (χ1) is 8.70. The van der Waals surface area contributed by atoms with Crippen molar-refractivity contribution in [3.05, 3.63) is 12.4 Å². The molecule has 0 atom stereocenters. The van der Waals surface area contributed by atoms with Crippen molar-refractivity contribution in [2.24, 2.45) is 5.92 Å². The van der Waals surface area contributed by atoms with E-state index in [1.165, 1.54) is 38.5 Å². The van der Waals surface area contributed by atoms with Crippen LogP contribution < -0.4 is 5.32 Å². The van der Waals surface area contributed by atoms with Gasteiger partial charge in [0.05, 0.1) is 0 Å². The third-order valence-corrected chi connectivity index (χ3v) is 4.10. The second-order valence-corrected chi connectivity index (χ2v) is 5.90. The maximum absolute atomic E-state index is 4.44. The number of hydrogen-bond acceptors (Lipinski definition) is 2. The van der Waals surface area contributed by atoms with Crippen LogP contribution in [0.3, 0.4) is 0 Å². The normalized spacial score (nSPS) is 24.4. The Bertz CT molecular complexity index is 348.